The van der Waals surface area contributed by atoms with Crippen molar-refractivity contribution in [1.82, 2.24) is 9.88 Å². The molecule has 0 bridgehead atoms. The minimum atomic E-state index is -0.0985. The molecule has 0 atom stereocenters. The molecule has 0 unspecified atom stereocenters. The average Bonchev–Trinajstić information content (AvgIpc) is 2.86. The highest BCUT2D eigenvalue weighted by molar-refractivity contribution is 5.69. The smallest absolute Gasteiger partial charge is 0.305 e. The summed E-state index contributed by atoms with van der Waals surface area (Å²) in [5.41, 5.74) is 8.84. The summed E-state index contributed by atoms with van der Waals surface area (Å²) >= 11 is 0. The molecule has 0 saturated carbocycles. The number of allylic oxidation sites excluding steroid dienone is 2. The number of nitrogens with zero attached hydrogens (tertiary/aromatic N) is 3. The Labute approximate surface area is 205 Å². The summed E-state index contributed by atoms with van der Waals surface area (Å²) in [6.07, 6.45) is 12.7. The first-order valence-electron chi connectivity index (χ1n) is 12.4. The molecule has 2 heterocycles. The molecule has 34 heavy (non-hydrogen) atoms. The molecule has 0 amide bonds. The van der Waals surface area contributed by atoms with Crippen LogP contribution in [0.2, 0.25) is 0 Å². The van der Waals surface area contributed by atoms with Crippen LogP contribution in [0.4, 0.5) is 11.5 Å². The maximum atomic E-state index is 11.5. The molecule has 1 aromatic heterocycles. The lowest BCUT2D eigenvalue weighted by Crippen LogP contribution is -2.35. The fraction of sp³-hybridized carbons (Fsp3) is 0.429. The van der Waals surface area contributed by atoms with Crippen molar-refractivity contribution in [3.63, 3.8) is 0 Å². The van der Waals surface area contributed by atoms with E-state index in [9.17, 15) is 4.79 Å². The molecule has 1 aromatic carbocycles. The van der Waals surface area contributed by atoms with Crippen LogP contribution in [0.3, 0.4) is 0 Å². The number of nitrogen functional groups attached to an aromatic ring is 1. The predicted molar refractivity (Wildman–Crippen MR) is 142 cm³/mol. The van der Waals surface area contributed by atoms with Gasteiger partial charge in [-0.15, -0.1) is 0 Å². The summed E-state index contributed by atoms with van der Waals surface area (Å²) < 4.78 is 5.01. The summed E-state index contributed by atoms with van der Waals surface area (Å²) in [6.45, 7) is 8.03. The van der Waals surface area contributed by atoms with Gasteiger partial charge in [-0.1, -0.05) is 51.0 Å². The average molecular weight is 465 g/mol. The van der Waals surface area contributed by atoms with Gasteiger partial charge in [0.05, 0.1) is 6.61 Å². The Hall–Kier alpha value is -3.28. The van der Waals surface area contributed by atoms with E-state index in [1.165, 1.54) is 0 Å². The number of benzene rings is 1. The Kier molecular flexibility index (Phi) is 11.7. The van der Waals surface area contributed by atoms with Crippen LogP contribution in [0.25, 0.3) is 11.1 Å². The molecule has 1 aliphatic rings. The van der Waals surface area contributed by atoms with Gasteiger partial charge in [-0.25, -0.2) is 4.98 Å². The second kappa shape index (κ2) is 14.8. The van der Waals surface area contributed by atoms with Gasteiger partial charge in [0.15, 0.2) is 0 Å². The van der Waals surface area contributed by atoms with Crippen LogP contribution in [-0.4, -0.2) is 42.6 Å². The van der Waals surface area contributed by atoms with Crippen molar-refractivity contribution >= 4 is 17.5 Å². The summed E-state index contributed by atoms with van der Waals surface area (Å²) in [7, 11) is 2.10. The molecule has 184 valence electrons. The van der Waals surface area contributed by atoms with Crippen LogP contribution in [0, 0.1) is 0 Å². The Morgan fingerprint density at radius 1 is 1.09 bits per heavy atom. The van der Waals surface area contributed by atoms with Gasteiger partial charge in [0.2, 0.25) is 0 Å². The number of nitrogens with two attached hydrogens (primary N) is 1. The molecule has 2 aromatic rings. The first kappa shape index (κ1) is 27.0. The third-order valence-corrected chi connectivity index (χ3v) is 5.51. The van der Waals surface area contributed by atoms with Crippen molar-refractivity contribution in [2.75, 3.05) is 37.4 Å². The number of anilines is 2. The van der Waals surface area contributed by atoms with E-state index >= 15 is 0 Å². The monoisotopic (exact) mass is 464 g/mol. The Bertz CT molecular complexity index is 938. The third-order valence-electron chi connectivity index (χ3n) is 5.51. The van der Waals surface area contributed by atoms with Crippen LogP contribution in [0.5, 0.6) is 0 Å². The highest BCUT2D eigenvalue weighted by Crippen LogP contribution is 2.27. The lowest BCUT2D eigenvalue weighted by Gasteiger charge is -2.34. The number of aromatic nitrogens is 1. The molecule has 0 aliphatic carbocycles. The van der Waals surface area contributed by atoms with Gasteiger partial charge in [0.25, 0.3) is 0 Å². The number of pyridine rings is 1. The zero-order chi connectivity index (χ0) is 24.8. The highest BCUT2D eigenvalue weighted by Gasteiger charge is 2.18. The van der Waals surface area contributed by atoms with E-state index in [4.69, 9.17) is 15.5 Å². The second-order valence-corrected chi connectivity index (χ2v) is 7.98. The van der Waals surface area contributed by atoms with E-state index in [2.05, 4.69) is 41.1 Å². The number of hydrogen-bond acceptors (Lipinski definition) is 6. The third kappa shape index (κ3) is 8.25. The van der Waals surface area contributed by atoms with Crippen LogP contribution in [0.15, 0.2) is 66.6 Å². The summed E-state index contributed by atoms with van der Waals surface area (Å²) in [5.74, 6) is 1.97. The SMILES string of the molecule is CC.CCOC(=O)CCCCCCN(C1=CC=CCN1C)c1cc(-c2ccc(N)cc2)ccn1. The molecule has 0 radical (unpaired) electrons. The largest absolute Gasteiger partial charge is 0.466 e. The van der Waals surface area contributed by atoms with Gasteiger partial charge in [0, 0.05) is 38.4 Å². The van der Waals surface area contributed by atoms with E-state index in [0.29, 0.717) is 13.0 Å². The van der Waals surface area contributed by atoms with Crippen molar-refractivity contribution < 1.29 is 9.53 Å². The van der Waals surface area contributed by atoms with Gasteiger partial charge < -0.3 is 20.3 Å². The van der Waals surface area contributed by atoms with Crippen LogP contribution in [-0.2, 0) is 9.53 Å². The Morgan fingerprint density at radius 3 is 2.53 bits per heavy atom. The molecule has 6 heteroatoms. The molecular weight excluding hydrogens is 424 g/mol. The quantitative estimate of drug-likeness (QED) is 0.249. The summed E-state index contributed by atoms with van der Waals surface area (Å²) in [4.78, 5) is 20.7. The minimum absolute atomic E-state index is 0.0985. The molecule has 0 saturated heterocycles. The van der Waals surface area contributed by atoms with Gasteiger partial charge >= 0.3 is 5.97 Å². The van der Waals surface area contributed by atoms with Crippen LogP contribution >= 0.6 is 0 Å². The number of unbranched alkanes of at least 4 members (excludes halogenated alkanes) is 3. The van der Waals surface area contributed by atoms with E-state index in [-0.39, 0.29) is 5.97 Å². The Morgan fingerprint density at radius 2 is 1.82 bits per heavy atom. The first-order chi connectivity index (χ1) is 16.6. The second-order valence-electron chi connectivity index (χ2n) is 7.98. The molecule has 1 aliphatic heterocycles. The predicted octanol–water partition coefficient (Wildman–Crippen LogP) is 6.02. The number of likely N-dealkylation sites (N-methyl/N-ethyl adjacent to an activating group) is 1. The lowest BCUT2D eigenvalue weighted by molar-refractivity contribution is -0.143. The fourth-order valence-corrected chi connectivity index (χ4v) is 3.78. The molecule has 6 nitrogen and oxygen atoms in total. The highest BCUT2D eigenvalue weighted by atomic mass is 16.5. The molecule has 0 fully saturated rings. The van der Waals surface area contributed by atoms with E-state index < -0.39 is 0 Å². The molecular formula is C28H40N4O2. The van der Waals surface area contributed by atoms with Gasteiger partial charge in [-0.2, -0.15) is 0 Å². The van der Waals surface area contributed by atoms with Crippen molar-refractivity contribution in [1.29, 1.82) is 0 Å². The van der Waals surface area contributed by atoms with Crippen molar-refractivity contribution in [3.8, 4) is 11.1 Å². The standard InChI is InChI=1S/C26H34N4O2.C2H6/c1-3-32-26(31)11-6-4-5-8-19-30(25-10-7-9-18-29(25)2)24-20-22(16-17-28-24)21-12-14-23(27)15-13-21;1-2/h7,9-10,12-17,20H,3-6,8,11,18-19,27H2,1-2H3;1-2H3. The summed E-state index contributed by atoms with van der Waals surface area (Å²) in [6, 6.07) is 12.1. The maximum Gasteiger partial charge on any atom is 0.305 e. The number of rotatable bonds is 11. The normalized spacial score (nSPS) is 12.5. The van der Waals surface area contributed by atoms with Crippen molar-refractivity contribution in [2.45, 2.75) is 52.9 Å². The zero-order valence-corrected chi connectivity index (χ0v) is 21.2. The first-order valence-corrected chi connectivity index (χ1v) is 12.4. The maximum absolute atomic E-state index is 11.5. The summed E-state index contributed by atoms with van der Waals surface area (Å²) in [5, 5.41) is 0. The molecule has 3 rings (SSSR count). The van der Waals surface area contributed by atoms with Crippen LogP contribution < -0.4 is 10.6 Å². The topological polar surface area (TPSA) is 71.7 Å². The fourth-order valence-electron chi connectivity index (χ4n) is 3.78. The number of carbonyl (C=O) groups is 1. The number of hydrogen-bond donors (Lipinski definition) is 1. The van der Waals surface area contributed by atoms with E-state index in [0.717, 1.165) is 67.2 Å². The van der Waals surface area contributed by atoms with Gasteiger partial charge in [-0.05, 0) is 61.2 Å². The van der Waals surface area contributed by atoms with Gasteiger partial charge in [-0.3, -0.25) is 4.79 Å². The minimum Gasteiger partial charge on any atom is -0.466 e. The lowest BCUT2D eigenvalue weighted by atomic mass is 10.1. The molecule has 2 N–H and O–H groups in total. The van der Waals surface area contributed by atoms with E-state index in [1.54, 1.807) is 0 Å². The van der Waals surface area contributed by atoms with Crippen molar-refractivity contribution in [3.05, 3.63) is 66.6 Å². The Balaban J connectivity index is 0.00000199. The van der Waals surface area contributed by atoms with Crippen molar-refractivity contribution in [2.24, 2.45) is 0 Å². The van der Waals surface area contributed by atoms with E-state index in [1.807, 2.05) is 57.3 Å². The number of esters is 1. The number of carbonyl (C=O) groups excluding carboxylic acids is 1. The molecule has 0 spiro atoms. The zero-order valence-electron chi connectivity index (χ0n) is 21.2. The van der Waals surface area contributed by atoms with Crippen LogP contribution in [0.1, 0.15) is 52.9 Å². The number of ether oxygens (including phenoxy) is 1. The van der Waals surface area contributed by atoms with Gasteiger partial charge in [0.1, 0.15) is 11.6 Å².